The number of rotatable bonds is 3. The summed E-state index contributed by atoms with van der Waals surface area (Å²) in [6.45, 7) is 2.71. The highest BCUT2D eigenvalue weighted by Crippen LogP contribution is 2.31. The predicted molar refractivity (Wildman–Crippen MR) is 86.3 cm³/mol. The van der Waals surface area contributed by atoms with E-state index in [1.807, 2.05) is 5.38 Å². The van der Waals surface area contributed by atoms with Crippen molar-refractivity contribution in [3.8, 4) is 0 Å². The number of hydrogen-bond acceptors (Lipinski definition) is 3. The van der Waals surface area contributed by atoms with Crippen molar-refractivity contribution in [2.45, 2.75) is 25.4 Å². The van der Waals surface area contributed by atoms with E-state index in [0.29, 0.717) is 6.54 Å². The van der Waals surface area contributed by atoms with Crippen LogP contribution in [0, 0.1) is 0 Å². The van der Waals surface area contributed by atoms with Gasteiger partial charge in [0.25, 0.3) is 0 Å². The van der Waals surface area contributed by atoms with E-state index in [2.05, 4.69) is 35.2 Å². The molecule has 2 aromatic rings. The van der Waals surface area contributed by atoms with Gasteiger partial charge in [0.2, 0.25) is 0 Å². The average molecular weight is 307 g/mol. The molecule has 1 aromatic carbocycles. The zero-order chi connectivity index (χ0) is 13.9. The molecular weight excluding hydrogens is 288 g/mol. The molecule has 1 aromatic heterocycles. The lowest BCUT2D eigenvalue weighted by atomic mass is 10.0. The summed E-state index contributed by atoms with van der Waals surface area (Å²) in [5.74, 6) is 0. The maximum atomic E-state index is 6.06. The summed E-state index contributed by atoms with van der Waals surface area (Å²) in [4.78, 5) is 3.77. The number of aryl methyl sites for hydroxylation is 1. The molecule has 1 atom stereocenters. The molecule has 0 radical (unpaired) electrons. The number of fused-ring (bicyclic) bond motifs is 1. The minimum Gasteiger partial charge on any atom is -0.329 e. The van der Waals surface area contributed by atoms with Crippen molar-refractivity contribution in [2.75, 3.05) is 13.1 Å². The van der Waals surface area contributed by atoms with Crippen LogP contribution in [-0.4, -0.2) is 18.0 Å². The normalized spacial score (nSPS) is 17.5. The Kier molecular flexibility index (Phi) is 4.41. The number of halogens is 1. The van der Waals surface area contributed by atoms with Gasteiger partial charge in [0.15, 0.2) is 0 Å². The van der Waals surface area contributed by atoms with E-state index in [4.69, 9.17) is 17.3 Å². The molecule has 0 amide bonds. The van der Waals surface area contributed by atoms with E-state index in [1.165, 1.54) is 22.4 Å². The molecule has 0 saturated carbocycles. The zero-order valence-corrected chi connectivity index (χ0v) is 13.0. The van der Waals surface area contributed by atoms with Crippen LogP contribution >= 0.6 is 22.9 Å². The van der Waals surface area contributed by atoms with Crippen LogP contribution in [-0.2, 0) is 13.0 Å². The Balaban J connectivity index is 1.86. The fraction of sp³-hybridized carbons (Fsp3) is 0.375. The maximum Gasteiger partial charge on any atom is 0.0567 e. The summed E-state index contributed by atoms with van der Waals surface area (Å²) in [6.07, 6.45) is 2.35. The first-order valence-corrected chi connectivity index (χ1v) is 8.28. The second kappa shape index (κ2) is 6.27. The van der Waals surface area contributed by atoms with E-state index >= 15 is 0 Å². The molecule has 3 rings (SSSR count). The highest BCUT2D eigenvalue weighted by molar-refractivity contribution is 7.10. The monoisotopic (exact) mass is 306 g/mol. The van der Waals surface area contributed by atoms with Gasteiger partial charge in [-0.05, 0) is 36.6 Å². The summed E-state index contributed by atoms with van der Waals surface area (Å²) in [6, 6.07) is 11.1. The molecule has 20 heavy (non-hydrogen) atoms. The largest absolute Gasteiger partial charge is 0.329 e. The zero-order valence-electron chi connectivity index (χ0n) is 11.4. The molecule has 2 nitrogen and oxygen atoms in total. The third kappa shape index (κ3) is 2.91. The minimum atomic E-state index is 0.277. The number of nitrogens with zero attached hydrogens (tertiary/aromatic N) is 1. The highest BCUT2D eigenvalue weighted by atomic mass is 35.5. The number of hydrogen-bond donors (Lipinski definition) is 1. The van der Waals surface area contributed by atoms with Crippen LogP contribution < -0.4 is 5.73 Å². The predicted octanol–water partition coefficient (Wildman–Crippen LogP) is 3.85. The minimum absolute atomic E-state index is 0.277. The Hall–Kier alpha value is -0.870. The van der Waals surface area contributed by atoms with Crippen molar-refractivity contribution in [3.05, 3.63) is 56.7 Å². The summed E-state index contributed by atoms with van der Waals surface area (Å²) in [7, 11) is 0. The van der Waals surface area contributed by atoms with Crippen molar-refractivity contribution < 1.29 is 0 Å². The summed E-state index contributed by atoms with van der Waals surface area (Å²) in [5.41, 5.74) is 8.96. The molecule has 1 aliphatic heterocycles. The Bertz CT molecular complexity index is 581. The molecule has 0 fully saturated rings. The van der Waals surface area contributed by atoms with E-state index in [1.54, 1.807) is 11.3 Å². The smallest absolute Gasteiger partial charge is 0.0567 e. The molecule has 4 heteroatoms. The standard InChI is InChI=1S/C16H19ClN2S/c17-14-8-16(20-11-14)15(9-18)19-7-3-6-12-4-1-2-5-13(12)10-19/h1-2,4-5,8,11,15H,3,6-7,9-10,18H2. The van der Waals surface area contributed by atoms with Gasteiger partial charge in [-0.15, -0.1) is 11.3 Å². The fourth-order valence-corrected chi connectivity index (χ4v) is 4.17. The van der Waals surface area contributed by atoms with Gasteiger partial charge in [-0.2, -0.15) is 0 Å². The molecule has 0 aliphatic carbocycles. The average Bonchev–Trinajstić information content (AvgIpc) is 2.76. The fourth-order valence-electron chi connectivity index (χ4n) is 2.94. The van der Waals surface area contributed by atoms with Gasteiger partial charge in [0.05, 0.1) is 11.1 Å². The van der Waals surface area contributed by atoms with E-state index in [-0.39, 0.29) is 6.04 Å². The van der Waals surface area contributed by atoms with Crippen LogP contribution in [0.3, 0.4) is 0 Å². The van der Waals surface area contributed by atoms with Gasteiger partial charge in [-0.1, -0.05) is 35.9 Å². The van der Waals surface area contributed by atoms with Gasteiger partial charge in [0.1, 0.15) is 0 Å². The third-order valence-electron chi connectivity index (χ3n) is 3.96. The van der Waals surface area contributed by atoms with Gasteiger partial charge in [-0.25, -0.2) is 0 Å². The van der Waals surface area contributed by atoms with Crippen LogP contribution in [0.5, 0.6) is 0 Å². The van der Waals surface area contributed by atoms with Crippen LogP contribution in [0.2, 0.25) is 5.02 Å². The molecule has 0 bridgehead atoms. The summed E-state index contributed by atoms with van der Waals surface area (Å²) in [5, 5.41) is 2.81. The maximum absolute atomic E-state index is 6.06. The van der Waals surface area contributed by atoms with E-state index < -0.39 is 0 Å². The molecule has 1 unspecified atom stereocenters. The van der Waals surface area contributed by atoms with Gasteiger partial charge in [-0.3, -0.25) is 4.90 Å². The molecule has 1 aliphatic rings. The van der Waals surface area contributed by atoms with Crippen LogP contribution in [0.25, 0.3) is 0 Å². The van der Waals surface area contributed by atoms with Crippen LogP contribution in [0.4, 0.5) is 0 Å². The third-order valence-corrected chi connectivity index (χ3v) is 5.34. The summed E-state index contributed by atoms with van der Waals surface area (Å²) >= 11 is 7.78. The lowest BCUT2D eigenvalue weighted by Gasteiger charge is -2.29. The Morgan fingerprint density at radius 2 is 2.10 bits per heavy atom. The van der Waals surface area contributed by atoms with Crippen LogP contribution in [0.1, 0.15) is 28.5 Å². The van der Waals surface area contributed by atoms with Crippen molar-refractivity contribution in [1.29, 1.82) is 0 Å². The second-order valence-electron chi connectivity index (χ2n) is 5.26. The molecule has 0 spiro atoms. The van der Waals surface area contributed by atoms with Gasteiger partial charge < -0.3 is 5.73 Å². The lowest BCUT2D eigenvalue weighted by Crippen LogP contribution is -2.33. The molecule has 2 heterocycles. The number of thiophene rings is 1. The number of benzene rings is 1. The Morgan fingerprint density at radius 1 is 1.30 bits per heavy atom. The first-order chi connectivity index (χ1) is 9.78. The number of nitrogens with two attached hydrogens (primary N) is 1. The molecule has 2 N–H and O–H groups in total. The highest BCUT2D eigenvalue weighted by Gasteiger charge is 2.23. The summed E-state index contributed by atoms with van der Waals surface area (Å²) < 4.78 is 0. The van der Waals surface area contributed by atoms with Crippen molar-refractivity contribution in [3.63, 3.8) is 0 Å². The SMILES string of the molecule is NCC(c1cc(Cl)cs1)N1CCCc2ccccc2C1. The second-order valence-corrected chi connectivity index (χ2v) is 6.64. The van der Waals surface area contributed by atoms with Crippen molar-refractivity contribution in [1.82, 2.24) is 4.90 Å². The lowest BCUT2D eigenvalue weighted by molar-refractivity contribution is 0.198. The van der Waals surface area contributed by atoms with E-state index in [9.17, 15) is 0 Å². The topological polar surface area (TPSA) is 29.3 Å². The van der Waals surface area contributed by atoms with Crippen molar-refractivity contribution in [2.24, 2.45) is 5.73 Å². The quantitative estimate of drug-likeness (QED) is 0.933. The van der Waals surface area contributed by atoms with E-state index in [0.717, 1.165) is 24.5 Å². The Morgan fingerprint density at radius 3 is 2.80 bits per heavy atom. The first-order valence-electron chi connectivity index (χ1n) is 7.03. The first kappa shape index (κ1) is 14.1. The Labute approximate surface area is 129 Å². The molecular formula is C16H19ClN2S. The van der Waals surface area contributed by atoms with Crippen LogP contribution in [0.15, 0.2) is 35.7 Å². The van der Waals surface area contributed by atoms with Crippen molar-refractivity contribution >= 4 is 22.9 Å². The van der Waals surface area contributed by atoms with Gasteiger partial charge in [0, 0.05) is 23.3 Å². The van der Waals surface area contributed by atoms with Gasteiger partial charge >= 0.3 is 0 Å². The molecule has 0 saturated heterocycles. The molecule has 106 valence electrons.